The first-order valence-electron chi connectivity index (χ1n) is 12.8. The Balaban J connectivity index is 1.63. The Morgan fingerprint density at radius 2 is 1.88 bits per heavy atom. The molecule has 3 heterocycles. The monoisotopic (exact) mass is 555 g/mol. The number of esters is 1. The van der Waals surface area contributed by atoms with Crippen LogP contribution in [0.4, 0.5) is 11.4 Å². The van der Waals surface area contributed by atoms with E-state index in [-0.39, 0.29) is 18.0 Å². The molecule has 1 aliphatic heterocycles. The molecule has 2 atom stereocenters. The number of amides is 1. The first-order chi connectivity index (χ1) is 19.4. The van der Waals surface area contributed by atoms with Crippen molar-refractivity contribution in [3.8, 4) is 11.4 Å². The lowest BCUT2D eigenvalue weighted by Gasteiger charge is -2.29. The SMILES string of the molecule is CCC(=O)Nc1ccc(N2C(=S)N[C@@H](c3ccccn3)[C@H]2c2cccn2-c2cccc(C(=O)OC)c2)cc1OC. The Kier molecular flexibility index (Phi) is 7.79. The van der Waals surface area contributed by atoms with Crippen LogP contribution in [0.1, 0.15) is 47.2 Å². The molecule has 204 valence electrons. The van der Waals surface area contributed by atoms with Crippen molar-refractivity contribution < 1.29 is 19.1 Å². The van der Waals surface area contributed by atoms with E-state index in [0.717, 1.165) is 22.8 Å². The van der Waals surface area contributed by atoms with Crippen molar-refractivity contribution in [1.82, 2.24) is 14.9 Å². The molecule has 5 rings (SSSR count). The second kappa shape index (κ2) is 11.6. The zero-order valence-electron chi connectivity index (χ0n) is 22.3. The van der Waals surface area contributed by atoms with Gasteiger partial charge < -0.3 is 29.6 Å². The average Bonchev–Trinajstić information content (AvgIpc) is 3.61. The number of hydrogen-bond donors (Lipinski definition) is 2. The van der Waals surface area contributed by atoms with Gasteiger partial charge in [0.05, 0.1) is 37.2 Å². The van der Waals surface area contributed by atoms with E-state index >= 15 is 0 Å². The quantitative estimate of drug-likeness (QED) is 0.226. The molecule has 40 heavy (non-hydrogen) atoms. The second-order valence-electron chi connectivity index (χ2n) is 9.13. The van der Waals surface area contributed by atoms with Gasteiger partial charge in [-0.05, 0) is 66.8 Å². The van der Waals surface area contributed by atoms with Crippen molar-refractivity contribution in [3.63, 3.8) is 0 Å². The Hall–Kier alpha value is -4.70. The third-order valence-corrected chi connectivity index (χ3v) is 7.10. The third kappa shape index (κ3) is 5.13. The van der Waals surface area contributed by atoms with Gasteiger partial charge in [0.15, 0.2) is 5.11 Å². The summed E-state index contributed by atoms with van der Waals surface area (Å²) < 4.78 is 12.6. The minimum Gasteiger partial charge on any atom is -0.494 e. The zero-order valence-corrected chi connectivity index (χ0v) is 23.1. The molecule has 0 radical (unpaired) electrons. The summed E-state index contributed by atoms with van der Waals surface area (Å²) in [4.78, 5) is 31.0. The van der Waals surface area contributed by atoms with Gasteiger partial charge in [-0.3, -0.25) is 9.78 Å². The summed E-state index contributed by atoms with van der Waals surface area (Å²) in [6.07, 6.45) is 4.06. The van der Waals surface area contributed by atoms with E-state index in [0.29, 0.717) is 28.5 Å². The Morgan fingerprint density at radius 1 is 1.02 bits per heavy atom. The van der Waals surface area contributed by atoms with Crippen LogP contribution >= 0.6 is 12.2 Å². The third-order valence-electron chi connectivity index (χ3n) is 6.79. The lowest BCUT2D eigenvalue weighted by atomic mass is 10.0. The first-order valence-corrected chi connectivity index (χ1v) is 13.2. The summed E-state index contributed by atoms with van der Waals surface area (Å²) in [7, 11) is 2.93. The number of benzene rings is 2. The van der Waals surface area contributed by atoms with Gasteiger partial charge in [-0.2, -0.15) is 0 Å². The van der Waals surface area contributed by atoms with Gasteiger partial charge in [0, 0.05) is 41.9 Å². The van der Waals surface area contributed by atoms with Gasteiger partial charge in [0.1, 0.15) is 11.8 Å². The van der Waals surface area contributed by atoms with Crippen LogP contribution in [0.25, 0.3) is 5.69 Å². The highest BCUT2D eigenvalue weighted by atomic mass is 32.1. The highest BCUT2D eigenvalue weighted by Gasteiger charge is 2.42. The molecule has 0 unspecified atom stereocenters. The van der Waals surface area contributed by atoms with E-state index in [4.69, 9.17) is 21.7 Å². The number of rotatable bonds is 8. The molecule has 1 saturated heterocycles. The number of anilines is 2. The summed E-state index contributed by atoms with van der Waals surface area (Å²) >= 11 is 5.89. The van der Waals surface area contributed by atoms with Gasteiger partial charge in [-0.1, -0.05) is 19.1 Å². The normalized spacial score (nSPS) is 16.4. The van der Waals surface area contributed by atoms with Crippen LogP contribution in [-0.4, -0.2) is 40.8 Å². The molecule has 0 spiro atoms. The maximum Gasteiger partial charge on any atom is 0.337 e. The largest absolute Gasteiger partial charge is 0.494 e. The van der Waals surface area contributed by atoms with Crippen molar-refractivity contribution in [2.24, 2.45) is 0 Å². The fourth-order valence-corrected chi connectivity index (χ4v) is 5.22. The number of pyridine rings is 1. The molecule has 1 aliphatic rings. The lowest BCUT2D eigenvalue weighted by Crippen LogP contribution is -2.30. The molecule has 1 fully saturated rings. The Morgan fingerprint density at radius 3 is 2.60 bits per heavy atom. The fraction of sp³-hybridized carbons (Fsp3) is 0.200. The highest BCUT2D eigenvalue weighted by Crippen LogP contribution is 2.44. The van der Waals surface area contributed by atoms with Crippen LogP contribution in [-0.2, 0) is 9.53 Å². The topological polar surface area (TPSA) is 97.7 Å². The molecule has 0 bridgehead atoms. The number of aromatic nitrogens is 2. The maximum atomic E-state index is 12.3. The molecule has 2 N–H and O–H groups in total. The maximum absolute atomic E-state index is 12.3. The summed E-state index contributed by atoms with van der Waals surface area (Å²) in [5.41, 5.74) is 4.36. The number of thiocarbonyl (C=S) groups is 1. The number of methoxy groups -OCH3 is 2. The standard InChI is InChI=1S/C30H29N5O4S/c1-4-26(36)32-22-14-13-21(18-25(22)38-2)35-28(27(33-30(35)40)23-11-5-6-15-31-23)24-12-8-16-34(24)20-10-7-9-19(17-20)29(37)39-3/h5-18,27-28H,4H2,1-3H3,(H,32,36)(H,33,40)/t27-,28+/m0/s1. The Bertz CT molecular complexity index is 1550. The van der Waals surface area contributed by atoms with E-state index < -0.39 is 5.97 Å². The average molecular weight is 556 g/mol. The molecule has 2 aromatic heterocycles. The molecular formula is C30H29N5O4S. The van der Waals surface area contributed by atoms with Crippen LogP contribution in [0.15, 0.2) is 85.2 Å². The van der Waals surface area contributed by atoms with E-state index in [9.17, 15) is 9.59 Å². The smallest absolute Gasteiger partial charge is 0.337 e. The van der Waals surface area contributed by atoms with Crippen LogP contribution in [0.3, 0.4) is 0 Å². The molecule has 4 aromatic rings. The molecule has 10 heteroatoms. The summed E-state index contributed by atoms with van der Waals surface area (Å²) in [5, 5.41) is 6.86. The van der Waals surface area contributed by atoms with Gasteiger partial charge in [0.25, 0.3) is 0 Å². The Labute approximate surface area is 237 Å². The molecular weight excluding hydrogens is 526 g/mol. The number of hydrogen-bond acceptors (Lipinski definition) is 6. The number of carbonyl (C=O) groups is 2. The van der Waals surface area contributed by atoms with Gasteiger partial charge >= 0.3 is 5.97 Å². The van der Waals surface area contributed by atoms with Crippen LogP contribution < -0.4 is 20.3 Å². The van der Waals surface area contributed by atoms with Crippen molar-refractivity contribution in [2.45, 2.75) is 25.4 Å². The van der Waals surface area contributed by atoms with Gasteiger partial charge in [-0.15, -0.1) is 0 Å². The number of nitrogens with one attached hydrogen (secondary N) is 2. The summed E-state index contributed by atoms with van der Waals surface area (Å²) in [6.45, 7) is 1.79. The predicted molar refractivity (Wildman–Crippen MR) is 157 cm³/mol. The van der Waals surface area contributed by atoms with Crippen molar-refractivity contribution in [1.29, 1.82) is 0 Å². The second-order valence-corrected chi connectivity index (χ2v) is 9.51. The van der Waals surface area contributed by atoms with E-state index in [1.54, 1.807) is 32.4 Å². The molecule has 9 nitrogen and oxygen atoms in total. The van der Waals surface area contributed by atoms with E-state index in [1.807, 2.05) is 76.3 Å². The molecule has 1 amide bonds. The van der Waals surface area contributed by atoms with Crippen molar-refractivity contribution in [3.05, 3.63) is 102 Å². The fourth-order valence-electron chi connectivity index (χ4n) is 4.88. The van der Waals surface area contributed by atoms with E-state index in [2.05, 4.69) is 15.6 Å². The summed E-state index contributed by atoms with van der Waals surface area (Å²) in [6, 6.07) is 22.0. The van der Waals surface area contributed by atoms with Crippen molar-refractivity contribution in [2.75, 3.05) is 24.4 Å². The predicted octanol–water partition coefficient (Wildman–Crippen LogP) is 5.19. The highest BCUT2D eigenvalue weighted by molar-refractivity contribution is 7.80. The van der Waals surface area contributed by atoms with Crippen molar-refractivity contribution >= 4 is 40.6 Å². The first kappa shape index (κ1) is 26.9. The molecule has 0 saturated carbocycles. The van der Waals surface area contributed by atoms with E-state index in [1.165, 1.54) is 7.11 Å². The molecule has 2 aromatic carbocycles. The number of ether oxygens (including phenoxy) is 2. The lowest BCUT2D eigenvalue weighted by molar-refractivity contribution is -0.115. The van der Waals surface area contributed by atoms with Gasteiger partial charge in [-0.25, -0.2) is 4.79 Å². The minimum absolute atomic E-state index is 0.107. The summed E-state index contributed by atoms with van der Waals surface area (Å²) in [5.74, 6) is 0.00224. The number of nitrogens with zero attached hydrogens (tertiary/aromatic N) is 3. The van der Waals surface area contributed by atoms with Gasteiger partial charge in [0.2, 0.25) is 5.91 Å². The zero-order chi connectivity index (χ0) is 28.2. The van der Waals surface area contributed by atoms with Crippen LogP contribution in [0, 0.1) is 0 Å². The van der Waals surface area contributed by atoms with Crippen LogP contribution in [0.5, 0.6) is 5.75 Å². The number of carbonyl (C=O) groups excluding carboxylic acids is 2. The van der Waals surface area contributed by atoms with Crippen LogP contribution in [0.2, 0.25) is 0 Å². The minimum atomic E-state index is -0.408. The molecule has 0 aliphatic carbocycles.